The number of aryl methyl sites for hydroxylation is 1. The molecule has 3 N–H and O–H groups in total. The molecule has 0 radical (unpaired) electrons. The van der Waals surface area contributed by atoms with Gasteiger partial charge in [0.2, 0.25) is 0 Å². The van der Waals surface area contributed by atoms with Crippen molar-refractivity contribution in [2.75, 3.05) is 6.61 Å². The summed E-state index contributed by atoms with van der Waals surface area (Å²) < 4.78 is 1.77. The first-order chi connectivity index (χ1) is 7.04. The molecule has 0 saturated heterocycles. The SMILES string of the molecule is Cc1ccn(C(CO)C(N)CC(C)C)n1. The Balaban J connectivity index is 2.70. The van der Waals surface area contributed by atoms with Gasteiger partial charge in [0, 0.05) is 12.2 Å². The minimum Gasteiger partial charge on any atom is -0.394 e. The van der Waals surface area contributed by atoms with Crippen molar-refractivity contribution in [3.8, 4) is 0 Å². The molecule has 0 spiro atoms. The molecule has 0 bridgehead atoms. The lowest BCUT2D eigenvalue weighted by Gasteiger charge is -2.23. The maximum absolute atomic E-state index is 9.33. The Labute approximate surface area is 91.1 Å². The Kier molecular flexibility index (Phi) is 4.29. The van der Waals surface area contributed by atoms with Crippen molar-refractivity contribution in [1.82, 2.24) is 9.78 Å². The number of hydrogen-bond donors (Lipinski definition) is 2. The number of hydrogen-bond acceptors (Lipinski definition) is 3. The molecule has 0 aromatic carbocycles. The Morgan fingerprint density at radius 3 is 2.60 bits per heavy atom. The van der Waals surface area contributed by atoms with Gasteiger partial charge in [0.05, 0.1) is 18.3 Å². The van der Waals surface area contributed by atoms with E-state index < -0.39 is 0 Å². The molecule has 15 heavy (non-hydrogen) atoms. The number of nitrogens with two attached hydrogens (primary N) is 1. The Bertz CT molecular complexity index is 296. The van der Waals surface area contributed by atoms with Gasteiger partial charge in [-0.15, -0.1) is 0 Å². The van der Waals surface area contributed by atoms with Crippen LogP contribution < -0.4 is 5.73 Å². The Morgan fingerprint density at radius 1 is 1.53 bits per heavy atom. The zero-order valence-electron chi connectivity index (χ0n) is 9.72. The van der Waals surface area contributed by atoms with Gasteiger partial charge in [-0.3, -0.25) is 4.68 Å². The fourth-order valence-corrected chi connectivity index (χ4v) is 1.73. The van der Waals surface area contributed by atoms with E-state index in [1.54, 1.807) is 4.68 Å². The van der Waals surface area contributed by atoms with Gasteiger partial charge in [0.15, 0.2) is 0 Å². The van der Waals surface area contributed by atoms with Crippen LogP contribution in [0.3, 0.4) is 0 Å². The van der Waals surface area contributed by atoms with Crippen molar-refractivity contribution in [2.45, 2.75) is 39.3 Å². The standard InChI is InChI=1S/C11H21N3O/c1-8(2)6-10(12)11(7-15)14-5-4-9(3)13-14/h4-5,8,10-11,15H,6-7,12H2,1-3H3. The summed E-state index contributed by atoms with van der Waals surface area (Å²) in [6.07, 6.45) is 2.76. The number of aromatic nitrogens is 2. The molecule has 0 amide bonds. The van der Waals surface area contributed by atoms with E-state index in [1.165, 1.54) is 0 Å². The third-order valence-corrected chi connectivity index (χ3v) is 2.51. The summed E-state index contributed by atoms with van der Waals surface area (Å²) in [7, 11) is 0. The molecule has 2 unspecified atom stereocenters. The zero-order valence-corrected chi connectivity index (χ0v) is 9.72. The van der Waals surface area contributed by atoms with Crippen LogP contribution in [0.4, 0.5) is 0 Å². The van der Waals surface area contributed by atoms with E-state index in [2.05, 4.69) is 18.9 Å². The fraction of sp³-hybridized carbons (Fsp3) is 0.727. The highest BCUT2D eigenvalue weighted by atomic mass is 16.3. The number of aliphatic hydroxyl groups excluding tert-OH is 1. The van der Waals surface area contributed by atoms with Gasteiger partial charge >= 0.3 is 0 Å². The lowest BCUT2D eigenvalue weighted by molar-refractivity contribution is 0.187. The molecule has 0 fully saturated rings. The summed E-state index contributed by atoms with van der Waals surface area (Å²) in [6.45, 7) is 6.22. The van der Waals surface area contributed by atoms with Gasteiger partial charge in [-0.25, -0.2) is 0 Å². The molecule has 0 aliphatic carbocycles. The van der Waals surface area contributed by atoms with Crippen LogP contribution in [0.2, 0.25) is 0 Å². The smallest absolute Gasteiger partial charge is 0.0900 e. The van der Waals surface area contributed by atoms with E-state index in [0.717, 1.165) is 12.1 Å². The molecular formula is C11H21N3O. The summed E-state index contributed by atoms with van der Waals surface area (Å²) >= 11 is 0. The maximum Gasteiger partial charge on any atom is 0.0900 e. The van der Waals surface area contributed by atoms with E-state index >= 15 is 0 Å². The molecule has 1 aromatic heterocycles. The molecule has 2 atom stereocenters. The zero-order chi connectivity index (χ0) is 11.4. The normalized spacial score (nSPS) is 15.6. The second kappa shape index (κ2) is 5.28. The third kappa shape index (κ3) is 3.32. The van der Waals surface area contributed by atoms with Gasteiger partial charge in [-0.05, 0) is 25.3 Å². The molecule has 1 heterocycles. The molecule has 4 nitrogen and oxygen atoms in total. The number of nitrogens with zero attached hydrogens (tertiary/aromatic N) is 2. The van der Waals surface area contributed by atoms with Crippen molar-refractivity contribution >= 4 is 0 Å². The quantitative estimate of drug-likeness (QED) is 0.766. The minimum atomic E-state index is -0.110. The highest BCUT2D eigenvalue weighted by Gasteiger charge is 2.20. The van der Waals surface area contributed by atoms with Crippen LogP contribution in [-0.4, -0.2) is 27.5 Å². The average Bonchev–Trinajstić information content (AvgIpc) is 2.51. The van der Waals surface area contributed by atoms with E-state index in [-0.39, 0.29) is 18.7 Å². The second-order valence-corrected chi connectivity index (χ2v) is 4.48. The van der Waals surface area contributed by atoms with E-state index in [4.69, 9.17) is 5.73 Å². The first kappa shape index (κ1) is 12.2. The molecule has 4 heteroatoms. The van der Waals surface area contributed by atoms with E-state index in [9.17, 15) is 5.11 Å². The van der Waals surface area contributed by atoms with Crippen LogP contribution in [0.5, 0.6) is 0 Å². The number of aliphatic hydroxyl groups is 1. The third-order valence-electron chi connectivity index (χ3n) is 2.51. The van der Waals surface area contributed by atoms with Crippen molar-refractivity contribution in [1.29, 1.82) is 0 Å². The Hall–Kier alpha value is -0.870. The highest BCUT2D eigenvalue weighted by Crippen LogP contribution is 2.15. The van der Waals surface area contributed by atoms with Crippen LogP contribution in [0.1, 0.15) is 32.0 Å². The minimum absolute atomic E-state index is 0.0367. The monoisotopic (exact) mass is 211 g/mol. The molecular weight excluding hydrogens is 190 g/mol. The van der Waals surface area contributed by atoms with Crippen molar-refractivity contribution in [3.05, 3.63) is 18.0 Å². The molecule has 1 aromatic rings. The van der Waals surface area contributed by atoms with Gasteiger partial charge in [0.1, 0.15) is 0 Å². The van der Waals surface area contributed by atoms with Crippen LogP contribution in [0.25, 0.3) is 0 Å². The van der Waals surface area contributed by atoms with Crippen molar-refractivity contribution < 1.29 is 5.11 Å². The van der Waals surface area contributed by atoms with E-state index in [1.807, 2.05) is 19.2 Å². The van der Waals surface area contributed by atoms with Crippen LogP contribution in [0.15, 0.2) is 12.3 Å². The first-order valence-electron chi connectivity index (χ1n) is 5.42. The Morgan fingerprint density at radius 2 is 2.20 bits per heavy atom. The van der Waals surface area contributed by atoms with Crippen molar-refractivity contribution in [2.24, 2.45) is 11.7 Å². The summed E-state index contributed by atoms with van der Waals surface area (Å²) in [6, 6.07) is 1.76. The lowest BCUT2D eigenvalue weighted by Crippen LogP contribution is -2.36. The molecule has 0 aliphatic rings. The van der Waals surface area contributed by atoms with Crippen molar-refractivity contribution in [3.63, 3.8) is 0 Å². The van der Waals surface area contributed by atoms with Gasteiger partial charge in [-0.1, -0.05) is 13.8 Å². The lowest BCUT2D eigenvalue weighted by atomic mass is 9.99. The summed E-state index contributed by atoms with van der Waals surface area (Å²) in [4.78, 5) is 0. The topological polar surface area (TPSA) is 64.1 Å². The predicted molar refractivity (Wildman–Crippen MR) is 60.5 cm³/mol. The fourth-order valence-electron chi connectivity index (χ4n) is 1.73. The van der Waals surface area contributed by atoms with Gasteiger partial charge < -0.3 is 10.8 Å². The number of rotatable bonds is 5. The van der Waals surface area contributed by atoms with Crippen LogP contribution >= 0.6 is 0 Å². The van der Waals surface area contributed by atoms with Gasteiger partial charge in [0.25, 0.3) is 0 Å². The summed E-state index contributed by atoms with van der Waals surface area (Å²) in [5.74, 6) is 0.533. The molecule has 86 valence electrons. The van der Waals surface area contributed by atoms with E-state index in [0.29, 0.717) is 5.92 Å². The van der Waals surface area contributed by atoms with Gasteiger partial charge in [-0.2, -0.15) is 5.10 Å². The molecule has 1 rings (SSSR count). The predicted octanol–water partition coefficient (Wildman–Crippen LogP) is 1.10. The summed E-state index contributed by atoms with van der Waals surface area (Å²) in [5.41, 5.74) is 7.00. The average molecular weight is 211 g/mol. The largest absolute Gasteiger partial charge is 0.394 e. The molecule has 0 saturated carbocycles. The molecule has 0 aliphatic heterocycles. The van der Waals surface area contributed by atoms with Crippen LogP contribution in [0, 0.1) is 12.8 Å². The highest BCUT2D eigenvalue weighted by molar-refractivity contribution is 4.97. The second-order valence-electron chi connectivity index (χ2n) is 4.48. The van der Waals surface area contributed by atoms with Crippen LogP contribution in [-0.2, 0) is 0 Å². The maximum atomic E-state index is 9.33. The first-order valence-corrected chi connectivity index (χ1v) is 5.42. The summed E-state index contributed by atoms with van der Waals surface area (Å²) in [5, 5.41) is 13.6.